The van der Waals surface area contributed by atoms with E-state index in [0.717, 1.165) is 13.0 Å². The van der Waals surface area contributed by atoms with Crippen LogP contribution < -0.4 is 4.90 Å². The van der Waals surface area contributed by atoms with Gasteiger partial charge in [-0.3, -0.25) is 10.1 Å². The van der Waals surface area contributed by atoms with Gasteiger partial charge in [-0.1, -0.05) is 11.6 Å². The normalized spacial score (nSPS) is 10.5. The molecule has 0 spiro atoms. The van der Waals surface area contributed by atoms with Crippen molar-refractivity contribution in [3.8, 4) is 0 Å². The van der Waals surface area contributed by atoms with Crippen molar-refractivity contribution in [3.63, 3.8) is 0 Å². The SMILES string of the molecule is CN(CCCn1ccnc1)c1ccc(Cl)cc1[N+](=O)[O-]. The fourth-order valence-electron chi connectivity index (χ4n) is 2.00. The Morgan fingerprint density at radius 1 is 1.50 bits per heavy atom. The number of nitrogens with zero attached hydrogens (tertiary/aromatic N) is 4. The third-order valence-electron chi connectivity index (χ3n) is 3.01. The lowest BCUT2D eigenvalue weighted by atomic mass is 10.2. The molecule has 0 unspecified atom stereocenters. The summed E-state index contributed by atoms with van der Waals surface area (Å²) in [6, 6.07) is 4.72. The van der Waals surface area contributed by atoms with E-state index in [-0.39, 0.29) is 5.69 Å². The molecule has 0 saturated heterocycles. The average Bonchev–Trinajstić information content (AvgIpc) is 2.91. The number of benzene rings is 1. The molecule has 1 aromatic heterocycles. The second-order valence-electron chi connectivity index (χ2n) is 4.47. The molecular formula is C13H15ClN4O2. The molecule has 2 rings (SSSR count). The van der Waals surface area contributed by atoms with E-state index in [4.69, 9.17) is 11.6 Å². The lowest BCUT2D eigenvalue weighted by Gasteiger charge is -2.19. The zero-order valence-electron chi connectivity index (χ0n) is 11.1. The zero-order chi connectivity index (χ0) is 14.5. The minimum atomic E-state index is -0.409. The maximum atomic E-state index is 11.0. The summed E-state index contributed by atoms with van der Waals surface area (Å²) in [4.78, 5) is 16.5. The van der Waals surface area contributed by atoms with Crippen LogP contribution in [-0.4, -0.2) is 28.1 Å². The van der Waals surface area contributed by atoms with Crippen molar-refractivity contribution in [1.29, 1.82) is 0 Å². The van der Waals surface area contributed by atoms with E-state index in [1.807, 2.05) is 22.7 Å². The Bertz CT molecular complexity index is 586. The van der Waals surface area contributed by atoms with E-state index < -0.39 is 4.92 Å². The smallest absolute Gasteiger partial charge is 0.294 e. The Balaban J connectivity index is 2.01. The second kappa shape index (κ2) is 6.38. The summed E-state index contributed by atoms with van der Waals surface area (Å²) in [6.45, 7) is 1.53. The van der Waals surface area contributed by atoms with Crippen molar-refractivity contribution >= 4 is 23.0 Å². The number of nitro groups is 1. The van der Waals surface area contributed by atoms with Gasteiger partial charge in [-0.05, 0) is 18.6 Å². The molecule has 1 aromatic carbocycles. The molecule has 106 valence electrons. The summed E-state index contributed by atoms with van der Waals surface area (Å²) >= 11 is 5.80. The molecule has 0 bridgehead atoms. The van der Waals surface area contributed by atoms with Crippen molar-refractivity contribution in [1.82, 2.24) is 9.55 Å². The minimum Gasteiger partial charge on any atom is -0.369 e. The number of anilines is 1. The van der Waals surface area contributed by atoms with E-state index in [0.29, 0.717) is 17.3 Å². The van der Waals surface area contributed by atoms with Gasteiger partial charge in [0.1, 0.15) is 5.69 Å². The van der Waals surface area contributed by atoms with Crippen molar-refractivity contribution in [2.45, 2.75) is 13.0 Å². The van der Waals surface area contributed by atoms with Gasteiger partial charge in [0.2, 0.25) is 0 Å². The van der Waals surface area contributed by atoms with E-state index >= 15 is 0 Å². The number of hydrogen-bond acceptors (Lipinski definition) is 4. The van der Waals surface area contributed by atoms with Crippen LogP contribution in [0.3, 0.4) is 0 Å². The average molecular weight is 295 g/mol. The van der Waals surface area contributed by atoms with Crippen molar-refractivity contribution in [2.75, 3.05) is 18.5 Å². The third-order valence-corrected chi connectivity index (χ3v) is 3.25. The van der Waals surface area contributed by atoms with Crippen LogP contribution in [0.4, 0.5) is 11.4 Å². The maximum Gasteiger partial charge on any atom is 0.294 e. The molecule has 0 radical (unpaired) electrons. The van der Waals surface area contributed by atoms with Crippen LogP contribution in [0.1, 0.15) is 6.42 Å². The van der Waals surface area contributed by atoms with Gasteiger partial charge >= 0.3 is 0 Å². The highest BCUT2D eigenvalue weighted by Crippen LogP contribution is 2.30. The van der Waals surface area contributed by atoms with Crippen LogP contribution in [-0.2, 0) is 6.54 Å². The summed E-state index contributed by atoms with van der Waals surface area (Å²) in [5.41, 5.74) is 0.604. The van der Waals surface area contributed by atoms with Crippen LogP contribution in [0.2, 0.25) is 5.02 Å². The van der Waals surface area contributed by atoms with Gasteiger partial charge < -0.3 is 9.47 Å². The molecule has 0 aliphatic heterocycles. The molecule has 7 heteroatoms. The first-order chi connectivity index (χ1) is 9.58. The molecule has 0 amide bonds. The number of rotatable bonds is 6. The van der Waals surface area contributed by atoms with Gasteiger partial charge in [0.15, 0.2) is 0 Å². The highest BCUT2D eigenvalue weighted by atomic mass is 35.5. The molecule has 0 atom stereocenters. The summed E-state index contributed by atoms with van der Waals surface area (Å²) in [7, 11) is 1.84. The number of nitro benzene ring substituents is 1. The maximum absolute atomic E-state index is 11.0. The van der Waals surface area contributed by atoms with E-state index in [1.165, 1.54) is 6.07 Å². The number of aromatic nitrogens is 2. The van der Waals surface area contributed by atoms with Gasteiger partial charge in [-0.25, -0.2) is 4.98 Å². The minimum absolute atomic E-state index is 0.0302. The molecule has 0 aliphatic carbocycles. The first kappa shape index (κ1) is 14.3. The Hall–Kier alpha value is -2.08. The van der Waals surface area contributed by atoms with Crippen molar-refractivity contribution < 1.29 is 4.92 Å². The zero-order valence-corrected chi connectivity index (χ0v) is 11.8. The standard InChI is InChI=1S/C13H15ClN4O2/c1-16(6-2-7-17-8-5-15-10-17)12-4-3-11(14)9-13(12)18(19)20/h3-5,8-10H,2,6-7H2,1H3. The molecule has 0 saturated carbocycles. The molecule has 1 heterocycles. The predicted molar refractivity (Wildman–Crippen MR) is 78.2 cm³/mol. The lowest BCUT2D eigenvalue weighted by Crippen LogP contribution is -2.20. The van der Waals surface area contributed by atoms with Crippen LogP contribution in [0.15, 0.2) is 36.9 Å². The van der Waals surface area contributed by atoms with E-state index in [9.17, 15) is 10.1 Å². The van der Waals surface area contributed by atoms with Crippen molar-refractivity contribution in [2.24, 2.45) is 0 Å². The lowest BCUT2D eigenvalue weighted by molar-refractivity contribution is -0.384. The Kier molecular flexibility index (Phi) is 4.57. The summed E-state index contributed by atoms with van der Waals surface area (Å²) in [5, 5.41) is 11.4. The molecular weight excluding hydrogens is 280 g/mol. The molecule has 0 N–H and O–H groups in total. The largest absolute Gasteiger partial charge is 0.369 e. The van der Waals surface area contributed by atoms with E-state index in [1.54, 1.807) is 24.7 Å². The Morgan fingerprint density at radius 2 is 2.30 bits per heavy atom. The first-order valence-electron chi connectivity index (χ1n) is 6.19. The summed E-state index contributed by atoms with van der Waals surface area (Å²) < 4.78 is 1.98. The van der Waals surface area contributed by atoms with E-state index in [2.05, 4.69) is 4.98 Å². The number of imidazole rings is 1. The van der Waals surface area contributed by atoms with Crippen LogP contribution in [0.25, 0.3) is 0 Å². The monoisotopic (exact) mass is 294 g/mol. The van der Waals surface area contributed by atoms with Crippen molar-refractivity contribution in [3.05, 3.63) is 52.1 Å². The second-order valence-corrected chi connectivity index (χ2v) is 4.90. The van der Waals surface area contributed by atoms with Gasteiger partial charge in [0.25, 0.3) is 5.69 Å². The molecule has 6 nitrogen and oxygen atoms in total. The first-order valence-corrected chi connectivity index (χ1v) is 6.56. The van der Waals surface area contributed by atoms with Crippen LogP contribution in [0.5, 0.6) is 0 Å². The van der Waals surface area contributed by atoms with Gasteiger partial charge in [-0.2, -0.15) is 0 Å². The number of halogens is 1. The van der Waals surface area contributed by atoms with Gasteiger partial charge in [0.05, 0.1) is 11.3 Å². The third kappa shape index (κ3) is 3.48. The quantitative estimate of drug-likeness (QED) is 0.607. The topological polar surface area (TPSA) is 64.2 Å². The fourth-order valence-corrected chi connectivity index (χ4v) is 2.16. The van der Waals surface area contributed by atoms with Gasteiger partial charge in [0, 0.05) is 43.6 Å². The molecule has 20 heavy (non-hydrogen) atoms. The number of aryl methyl sites for hydroxylation is 1. The summed E-state index contributed by atoms with van der Waals surface area (Å²) in [5.74, 6) is 0. The van der Waals surface area contributed by atoms with Gasteiger partial charge in [-0.15, -0.1) is 0 Å². The highest BCUT2D eigenvalue weighted by molar-refractivity contribution is 6.30. The molecule has 0 fully saturated rings. The predicted octanol–water partition coefficient (Wildman–Crippen LogP) is 2.97. The summed E-state index contributed by atoms with van der Waals surface area (Å²) in [6.07, 6.45) is 6.25. The fraction of sp³-hybridized carbons (Fsp3) is 0.308. The Labute approximate surface area is 121 Å². The highest BCUT2D eigenvalue weighted by Gasteiger charge is 2.17. The molecule has 0 aliphatic rings. The number of hydrogen-bond donors (Lipinski definition) is 0. The molecule has 2 aromatic rings. The Morgan fingerprint density at radius 3 is 2.95 bits per heavy atom. The van der Waals surface area contributed by atoms with Crippen LogP contribution >= 0.6 is 11.6 Å². The van der Waals surface area contributed by atoms with Crippen LogP contribution in [0, 0.1) is 10.1 Å².